The molecule has 2 rings (SSSR count). The van der Waals surface area contributed by atoms with Gasteiger partial charge in [-0.25, -0.2) is 9.78 Å². The first-order valence-corrected chi connectivity index (χ1v) is 12.2. The number of thioether (sulfide) groups is 1. The van der Waals surface area contributed by atoms with E-state index in [1.54, 1.807) is 0 Å². The van der Waals surface area contributed by atoms with Crippen molar-refractivity contribution < 1.29 is 34.2 Å². The number of hydrogen-bond acceptors (Lipinski definition) is 8. The normalized spacial score (nSPS) is 17.9. The molecule has 2 heterocycles. The predicted octanol–water partition coefficient (Wildman–Crippen LogP) is -1.53. The molecule has 0 saturated carbocycles. The molecular weight excluding hydrogens is 468 g/mol. The molecule has 1 aliphatic heterocycles. The zero-order valence-corrected chi connectivity index (χ0v) is 19.5. The first-order chi connectivity index (χ1) is 16.2. The van der Waals surface area contributed by atoms with Gasteiger partial charge in [0.25, 0.3) is 0 Å². The Bertz CT molecular complexity index is 860. The van der Waals surface area contributed by atoms with Crippen molar-refractivity contribution in [1.29, 1.82) is 0 Å². The number of H-pyrrole nitrogens is 1. The average Bonchev–Trinajstić information content (AvgIpc) is 3.49. The van der Waals surface area contributed by atoms with Gasteiger partial charge < -0.3 is 36.5 Å². The Morgan fingerprint density at radius 2 is 1.82 bits per heavy atom. The van der Waals surface area contributed by atoms with Crippen LogP contribution in [-0.2, 0) is 30.4 Å². The molecule has 0 aromatic carbocycles. The van der Waals surface area contributed by atoms with Crippen molar-refractivity contribution >= 4 is 41.4 Å². The van der Waals surface area contributed by atoms with Crippen LogP contribution in [0.4, 0.5) is 0 Å². The maximum atomic E-state index is 13.1. The van der Waals surface area contributed by atoms with Crippen LogP contribution in [-0.4, -0.2) is 92.6 Å². The topological polar surface area (TPSA) is 203 Å². The highest BCUT2D eigenvalue weighted by atomic mass is 32.2. The minimum Gasteiger partial charge on any atom is -0.481 e. The molecule has 4 unspecified atom stereocenters. The number of amides is 3. The van der Waals surface area contributed by atoms with Crippen LogP contribution in [0, 0.1) is 0 Å². The minimum absolute atomic E-state index is 0.0512. The molecule has 3 amide bonds. The summed E-state index contributed by atoms with van der Waals surface area (Å²) >= 11 is 1.49. The zero-order chi connectivity index (χ0) is 25.1. The van der Waals surface area contributed by atoms with Crippen molar-refractivity contribution in [3.05, 3.63) is 18.2 Å². The Hall–Kier alpha value is -3.13. The van der Waals surface area contributed by atoms with E-state index in [1.165, 1.54) is 24.3 Å². The first-order valence-electron chi connectivity index (χ1n) is 10.8. The van der Waals surface area contributed by atoms with Crippen LogP contribution in [0.1, 0.15) is 31.4 Å². The third kappa shape index (κ3) is 8.67. The van der Waals surface area contributed by atoms with E-state index in [-0.39, 0.29) is 18.4 Å². The molecule has 0 bridgehead atoms. The predicted molar refractivity (Wildman–Crippen MR) is 122 cm³/mol. The Morgan fingerprint density at radius 3 is 2.38 bits per heavy atom. The second-order valence-electron chi connectivity index (χ2n) is 7.83. The number of aromatic nitrogens is 2. The van der Waals surface area contributed by atoms with Crippen LogP contribution in [0.5, 0.6) is 0 Å². The highest BCUT2D eigenvalue weighted by Crippen LogP contribution is 2.08. The van der Waals surface area contributed by atoms with Crippen molar-refractivity contribution in [2.24, 2.45) is 0 Å². The van der Waals surface area contributed by atoms with E-state index in [1.807, 2.05) is 6.26 Å². The van der Waals surface area contributed by atoms with Crippen LogP contribution in [0.3, 0.4) is 0 Å². The molecule has 1 saturated heterocycles. The van der Waals surface area contributed by atoms with Crippen molar-refractivity contribution in [3.8, 4) is 0 Å². The number of rotatable bonds is 14. The lowest BCUT2D eigenvalue weighted by Crippen LogP contribution is -2.57. The average molecular weight is 499 g/mol. The van der Waals surface area contributed by atoms with Crippen molar-refractivity contribution in [1.82, 2.24) is 31.2 Å². The second-order valence-corrected chi connectivity index (χ2v) is 8.82. The Kier molecular flexibility index (Phi) is 10.8. The molecule has 1 aliphatic rings. The number of imidazole rings is 1. The molecule has 0 spiro atoms. The highest BCUT2D eigenvalue weighted by Gasteiger charge is 2.32. The van der Waals surface area contributed by atoms with Crippen LogP contribution in [0.15, 0.2) is 12.5 Å². The molecule has 0 radical (unpaired) electrons. The van der Waals surface area contributed by atoms with E-state index in [2.05, 4.69) is 31.2 Å². The van der Waals surface area contributed by atoms with Crippen molar-refractivity contribution in [2.75, 3.05) is 18.6 Å². The summed E-state index contributed by atoms with van der Waals surface area (Å²) in [4.78, 5) is 67.5. The lowest BCUT2D eigenvalue weighted by Gasteiger charge is -2.25. The fourth-order valence-electron chi connectivity index (χ4n) is 3.43. The van der Waals surface area contributed by atoms with Crippen LogP contribution in [0.2, 0.25) is 0 Å². The van der Waals surface area contributed by atoms with Crippen molar-refractivity contribution in [3.63, 3.8) is 0 Å². The first kappa shape index (κ1) is 27.1. The van der Waals surface area contributed by atoms with Crippen molar-refractivity contribution in [2.45, 2.75) is 56.3 Å². The van der Waals surface area contributed by atoms with Crippen LogP contribution in [0.25, 0.3) is 0 Å². The lowest BCUT2D eigenvalue weighted by molar-refractivity contribution is -0.147. The van der Waals surface area contributed by atoms with Crippen LogP contribution < -0.4 is 21.3 Å². The summed E-state index contributed by atoms with van der Waals surface area (Å²) in [6.07, 6.45) is 5.64. The zero-order valence-electron chi connectivity index (χ0n) is 18.7. The molecule has 1 aromatic heterocycles. The van der Waals surface area contributed by atoms with E-state index in [4.69, 9.17) is 5.11 Å². The summed E-state index contributed by atoms with van der Waals surface area (Å²) in [7, 11) is 0. The van der Waals surface area contributed by atoms with Gasteiger partial charge in [0.2, 0.25) is 17.7 Å². The molecule has 4 atom stereocenters. The largest absolute Gasteiger partial charge is 0.481 e. The fourth-order valence-corrected chi connectivity index (χ4v) is 3.90. The second kappa shape index (κ2) is 13.5. The molecule has 1 fully saturated rings. The maximum absolute atomic E-state index is 13.1. The SMILES string of the molecule is CSCCC(NC(=O)C1CCCN1)C(=O)NC(Cc1cnc[nH]1)C(=O)NC(CC(=O)O)C(=O)O. The van der Waals surface area contributed by atoms with E-state index in [9.17, 15) is 29.1 Å². The number of nitrogens with zero attached hydrogens (tertiary/aromatic N) is 1. The number of aliphatic carboxylic acids is 2. The number of carbonyl (C=O) groups is 5. The van der Waals surface area contributed by atoms with E-state index < -0.39 is 48.3 Å². The van der Waals surface area contributed by atoms with Gasteiger partial charge in [-0.15, -0.1) is 0 Å². The molecule has 1 aromatic rings. The van der Waals surface area contributed by atoms with Gasteiger partial charge in [0.1, 0.15) is 18.1 Å². The van der Waals surface area contributed by atoms with Gasteiger partial charge >= 0.3 is 11.9 Å². The fraction of sp³-hybridized carbons (Fsp3) is 0.600. The van der Waals surface area contributed by atoms with Gasteiger partial charge in [0, 0.05) is 18.3 Å². The van der Waals surface area contributed by atoms with Gasteiger partial charge in [-0.2, -0.15) is 11.8 Å². The summed E-state index contributed by atoms with van der Waals surface area (Å²) in [5.41, 5.74) is 0.491. The van der Waals surface area contributed by atoms with Gasteiger partial charge in [0.05, 0.1) is 18.8 Å². The Balaban J connectivity index is 2.14. The smallest absolute Gasteiger partial charge is 0.326 e. The van der Waals surface area contributed by atoms with Gasteiger partial charge in [-0.05, 0) is 37.8 Å². The Morgan fingerprint density at radius 1 is 1.12 bits per heavy atom. The molecule has 14 heteroatoms. The number of hydrogen-bond donors (Lipinski definition) is 7. The summed E-state index contributed by atoms with van der Waals surface area (Å²) in [6, 6.07) is -4.21. The highest BCUT2D eigenvalue weighted by molar-refractivity contribution is 7.98. The molecular formula is C20H30N6O7S. The monoisotopic (exact) mass is 498 g/mol. The van der Waals surface area contributed by atoms with E-state index >= 15 is 0 Å². The van der Waals surface area contributed by atoms with E-state index in [0.717, 1.165) is 6.42 Å². The van der Waals surface area contributed by atoms with Crippen LogP contribution >= 0.6 is 11.8 Å². The Labute approximate surface area is 200 Å². The summed E-state index contributed by atoms with van der Waals surface area (Å²) in [6.45, 7) is 0.716. The molecule has 0 aliphatic carbocycles. The van der Waals surface area contributed by atoms with Gasteiger partial charge in [-0.3, -0.25) is 19.2 Å². The third-order valence-corrected chi connectivity index (χ3v) is 5.87. The summed E-state index contributed by atoms with van der Waals surface area (Å²) in [5, 5.41) is 28.7. The summed E-state index contributed by atoms with van der Waals surface area (Å²) < 4.78 is 0. The maximum Gasteiger partial charge on any atom is 0.326 e. The molecule has 7 N–H and O–H groups in total. The number of nitrogens with one attached hydrogen (secondary N) is 5. The number of carboxylic acids is 2. The number of carbonyl (C=O) groups excluding carboxylic acids is 3. The number of carboxylic acid groups (broad SMARTS) is 2. The standard InChI is InChI=1S/C20H30N6O7S/c1-34-6-4-13(24-17(29)12-3-2-5-22-12)18(30)25-14(7-11-9-21-10-23-11)19(31)26-15(20(32)33)8-16(27)28/h9-10,12-15,22H,2-8H2,1H3,(H,21,23)(H,24,29)(H,25,30)(H,26,31)(H,27,28)(H,32,33). The van der Waals surface area contributed by atoms with Gasteiger partial charge in [0.15, 0.2) is 0 Å². The molecule has 34 heavy (non-hydrogen) atoms. The van der Waals surface area contributed by atoms with Gasteiger partial charge in [-0.1, -0.05) is 0 Å². The third-order valence-electron chi connectivity index (χ3n) is 5.23. The quantitative estimate of drug-likeness (QED) is 0.158. The molecule has 188 valence electrons. The minimum atomic E-state index is -1.67. The van der Waals surface area contributed by atoms with E-state index in [0.29, 0.717) is 30.8 Å². The summed E-state index contributed by atoms with van der Waals surface area (Å²) in [5.74, 6) is -4.12. The lowest BCUT2D eigenvalue weighted by atomic mass is 10.1. The molecule has 13 nitrogen and oxygen atoms in total. The number of aromatic amines is 1.